The summed E-state index contributed by atoms with van der Waals surface area (Å²) in [5.41, 5.74) is 0. The van der Waals surface area contributed by atoms with E-state index < -0.39 is 0 Å². The van der Waals surface area contributed by atoms with Crippen LogP contribution in [0.5, 0.6) is 0 Å². The van der Waals surface area contributed by atoms with Gasteiger partial charge in [-0.1, -0.05) is 0 Å². The molecule has 56 valence electrons. The molecule has 1 saturated heterocycles. The van der Waals surface area contributed by atoms with Crippen molar-refractivity contribution in [1.29, 1.82) is 5.26 Å². The SMILES string of the molecule is CC(=O)N1CCCC1C#N.[H-].[Na+]. The minimum absolute atomic E-state index is 0. The van der Waals surface area contributed by atoms with E-state index in [9.17, 15) is 4.79 Å². The first-order valence-corrected chi connectivity index (χ1v) is 3.42. The van der Waals surface area contributed by atoms with Gasteiger partial charge in [-0.05, 0) is 12.8 Å². The van der Waals surface area contributed by atoms with E-state index in [4.69, 9.17) is 5.26 Å². The molecule has 1 atom stereocenters. The molecular formula is C7H11N2NaO. The normalized spacial score (nSPS) is 22.2. The summed E-state index contributed by atoms with van der Waals surface area (Å²) in [4.78, 5) is 12.4. The van der Waals surface area contributed by atoms with Crippen LogP contribution in [0.4, 0.5) is 0 Å². The molecule has 1 unspecified atom stereocenters. The van der Waals surface area contributed by atoms with Crippen molar-refractivity contribution < 1.29 is 35.8 Å². The van der Waals surface area contributed by atoms with Crippen LogP contribution in [0, 0.1) is 11.3 Å². The van der Waals surface area contributed by atoms with E-state index in [-0.39, 0.29) is 42.9 Å². The van der Waals surface area contributed by atoms with E-state index in [2.05, 4.69) is 6.07 Å². The van der Waals surface area contributed by atoms with Gasteiger partial charge in [0, 0.05) is 13.5 Å². The van der Waals surface area contributed by atoms with Crippen LogP contribution in [0.1, 0.15) is 21.2 Å². The molecule has 0 radical (unpaired) electrons. The summed E-state index contributed by atoms with van der Waals surface area (Å²) in [7, 11) is 0. The van der Waals surface area contributed by atoms with Crippen LogP contribution < -0.4 is 29.6 Å². The molecule has 1 aliphatic heterocycles. The van der Waals surface area contributed by atoms with Gasteiger partial charge in [-0.15, -0.1) is 0 Å². The van der Waals surface area contributed by atoms with Gasteiger partial charge in [0.05, 0.1) is 6.07 Å². The maximum absolute atomic E-state index is 10.8. The zero-order valence-electron chi connectivity index (χ0n) is 8.00. The number of nitriles is 1. The number of hydrogen-bond acceptors (Lipinski definition) is 2. The van der Waals surface area contributed by atoms with Crippen molar-refractivity contribution in [2.45, 2.75) is 25.8 Å². The Bertz CT molecular complexity index is 192. The number of hydrogen-bond donors (Lipinski definition) is 0. The van der Waals surface area contributed by atoms with E-state index >= 15 is 0 Å². The van der Waals surface area contributed by atoms with Crippen LogP contribution in [0.2, 0.25) is 0 Å². The van der Waals surface area contributed by atoms with Gasteiger partial charge in [-0.2, -0.15) is 5.26 Å². The summed E-state index contributed by atoms with van der Waals surface area (Å²) in [5, 5.41) is 8.54. The van der Waals surface area contributed by atoms with Crippen LogP contribution in [0.15, 0.2) is 0 Å². The number of rotatable bonds is 0. The number of nitrogens with zero attached hydrogens (tertiary/aromatic N) is 2. The maximum atomic E-state index is 10.8. The van der Waals surface area contributed by atoms with Gasteiger partial charge in [-0.3, -0.25) is 4.79 Å². The Morgan fingerprint density at radius 2 is 2.45 bits per heavy atom. The molecule has 1 heterocycles. The van der Waals surface area contributed by atoms with E-state index in [1.54, 1.807) is 4.90 Å². The largest absolute Gasteiger partial charge is 1.00 e. The van der Waals surface area contributed by atoms with Crippen LogP contribution in [-0.4, -0.2) is 23.4 Å². The zero-order chi connectivity index (χ0) is 7.56. The Morgan fingerprint density at radius 3 is 2.82 bits per heavy atom. The Balaban J connectivity index is 0. The van der Waals surface area contributed by atoms with Gasteiger partial charge in [0.2, 0.25) is 5.91 Å². The Hall–Kier alpha value is -0.0400. The molecule has 0 aromatic carbocycles. The first-order chi connectivity index (χ1) is 4.75. The molecule has 1 amide bonds. The van der Waals surface area contributed by atoms with Crippen LogP contribution in [-0.2, 0) is 4.79 Å². The number of amides is 1. The zero-order valence-corrected chi connectivity index (χ0v) is 9.00. The smallest absolute Gasteiger partial charge is 1.00 e. The van der Waals surface area contributed by atoms with Crippen molar-refractivity contribution in [1.82, 2.24) is 4.90 Å². The molecule has 0 aromatic heterocycles. The molecule has 0 spiro atoms. The van der Waals surface area contributed by atoms with Crippen LogP contribution in [0.25, 0.3) is 0 Å². The molecule has 3 nitrogen and oxygen atoms in total. The third-order valence-corrected chi connectivity index (χ3v) is 1.81. The predicted molar refractivity (Wildman–Crippen MR) is 37.1 cm³/mol. The Morgan fingerprint density at radius 1 is 1.82 bits per heavy atom. The predicted octanol–water partition coefficient (Wildman–Crippen LogP) is -2.36. The summed E-state index contributed by atoms with van der Waals surface area (Å²) >= 11 is 0. The fourth-order valence-corrected chi connectivity index (χ4v) is 1.28. The van der Waals surface area contributed by atoms with Gasteiger partial charge in [-0.25, -0.2) is 0 Å². The van der Waals surface area contributed by atoms with E-state index in [0.29, 0.717) is 0 Å². The van der Waals surface area contributed by atoms with Gasteiger partial charge in [0.15, 0.2) is 0 Å². The number of carbonyl (C=O) groups excluding carboxylic acids is 1. The first-order valence-electron chi connectivity index (χ1n) is 3.42. The average molecular weight is 162 g/mol. The summed E-state index contributed by atoms with van der Waals surface area (Å²) in [6.45, 7) is 2.27. The molecule has 0 aromatic rings. The van der Waals surface area contributed by atoms with Gasteiger partial charge >= 0.3 is 29.6 Å². The average Bonchev–Trinajstić information content (AvgIpc) is 2.33. The Kier molecular flexibility index (Phi) is 4.74. The fraction of sp³-hybridized carbons (Fsp3) is 0.714. The summed E-state index contributed by atoms with van der Waals surface area (Å²) in [5.74, 6) is 0.0176. The third-order valence-electron chi connectivity index (χ3n) is 1.81. The molecule has 1 aliphatic rings. The number of likely N-dealkylation sites (tertiary alicyclic amines) is 1. The quantitative estimate of drug-likeness (QED) is 0.374. The molecular weight excluding hydrogens is 151 g/mol. The third kappa shape index (κ3) is 2.48. The van der Waals surface area contributed by atoms with Crippen molar-refractivity contribution in [2.24, 2.45) is 0 Å². The monoisotopic (exact) mass is 162 g/mol. The van der Waals surface area contributed by atoms with Crippen LogP contribution in [0.3, 0.4) is 0 Å². The number of carbonyl (C=O) groups is 1. The van der Waals surface area contributed by atoms with Gasteiger partial charge in [0.1, 0.15) is 6.04 Å². The minimum Gasteiger partial charge on any atom is -1.00 e. The van der Waals surface area contributed by atoms with E-state index in [1.165, 1.54) is 6.92 Å². The second-order valence-electron chi connectivity index (χ2n) is 2.50. The molecule has 1 rings (SSSR count). The van der Waals surface area contributed by atoms with Crippen molar-refractivity contribution in [3.05, 3.63) is 0 Å². The molecule has 4 heteroatoms. The molecule has 11 heavy (non-hydrogen) atoms. The second kappa shape index (κ2) is 4.76. The van der Waals surface area contributed by atoms with Crippen molar-refractivity contribution in [3.8, 4) is 6.07 Å². The van der Waals surface area contributed by atoms with E-state index in [1.807, 2.05) is 0 Å². The van der Waals surface area contributed by atoms with Gasteiger partial charge < -0.3 is 6.33 Å². The minimum atomic E-state index is -0.155. The van der Waals surface area contributed by atoms with Crippen LogP contribution >= 0.6 is 0 Å². The van der Waals surface area contributed by atoms with Gasteiger partial charge in [0.25, 0.3) is 0 Å². The van der Waals surface area contributed by atoms with Crippen molar-refractivity contribution in [2.75, 3.05) is 6.54 Å². The van der Waals surface area contributed by atoms with Crippen molar-refractivity contribution in [3.63, 3.8) is 0 Å². The molecule has 0 aliphatic carbocycles. The fourth-order valence-electron chi connectivity index (χ4n) is 1.28. The molecule has 0 N–H and O–H groups in total. The summed E-state index contributed by atoms with van der Waals surface area (Å²) in [6.07, 6.45) is 1.81. The first kappa shape index (κ1) is 11.0. The molecule has 0 saturated carbocycles. The Labute approximate surface area is 90.1 Å². The molecule has 0 bridgehead atoms. The summed E-state index contributed by atoms with van der Waals surface area (Å²) < 4.78 is 0. The second-order valence-corrected chi connectivity index (χ2v) is 2.50. The standard InChI is InChI=1S/C7H10N2O.Na.H/c1-6(10)9-4-2-3-7(9)5-8;;/h7H,2-4H2,1H3;;/q;+1;-1. The van der Waals surface area contributed by atoms with E-state index in [0.717, 1.165) is 19.4 Å². The topological polar surface area (TPSA) is 44.1 Å². The molecule has 1 fully saturated rings. The maximum Gasteiger partial charge on any atom is 1.00 e. The van der Waals surface area contributed by atoms with Crippen molar-refractivity contribution >= 4 is 5.91 Å². The summed E-state index contributed by atoms with van der Waals surface area (Å²) in [6, 6.07) is 1.95.